The molecule has 10 heteroatoms. The molecule has 2 atom stereocenters. The molecule has 2 aromatic heterocycles. The zero-order chi connectivity index (χ0) is 24.2. The fraction of sp³-hybridized carbons (Fsp3) is 0.333. The molecule has 0 aliphatic rings. The van der Waals surface area contributed by atoms with Gasteiger partial charge in [0, 0.05) is 21.1 Å². The summed E-state index contributed by atoms with van der Waals surface area (Å²) in [7, 11) is 0. The van der Waals surface area contributed by atoms with E-state index in [4.69, 9.17) is 16.0 Å². The second kappa shape index (κ2) is 13.4. The largest absolute Gasteiger partial charge is 0.446 e. The van der Waals surface area contributed by atoms with Gasteiger partial charge in [0.1, 0.15) is 12.1 Å². The van der Waals surface area contributed by atoms with Crippen molar-refractivity contribution in [1.82, 2.24) is 4.90 Å². The summed E-state index contributed by atoms with van der Waals surface area (Å²) in [5, 5.41) is 7.75. The lowest BCUT2D eigenvalue weighted by atomic mass is 10.0. The van der Waals surface area contributed by atoms with Crippen molar-refractivity contribution in [2.75, 3.05) is 0 Å². The van der Waals surface area contributed by atoms with E-state index < -0.39 is 18.2 Å². The van der Waals surface area contributed by atoms with Gasteiger partial charge in [-0.15, -0.1) is 22.7 Å². The molecule has 0 saturated heterocycles. The molecule has 0 aliphatic carbocycles. The predicted octanol–water partition coefficient (Wildman–Crippen LogP) is 5.89. The van der Waals surface area contributed by atoms with Crippen LogP contribution in [-0.4, -0.2) is 29.0 Å². The van der Waals surface area contributed by atoms with Crippen LogP contribution in [0.15, 0.2) is 70.5 Å². The van der Waals surface area contributed by atoms with Crippen molar-refractivity contribution in [3.8, 4) is 0 Å². The summed E-state index contributed by atoms with van der Waals surface area (Å²) < 4.78 is 5.29. The molecule has 0 fully saturated rings. The minimum atomic E-state index is -0.837. The first kappa shape index (κ1) is 25.3. The van der Waals surface area contributed by atoms with Crippen molar-refractivity contribution in [1.29, 1.82) is 0 Å². The highest BCUT2D eigenvalue weighted by Crippen LogP contribution is 2.21. The molecule has 3 rings (SSSR count). The third-order valence-corrected chi connectivity index (χ3v) is 6.96. The van der Waals surface area contributed by atoms with Crippen LogP contribution in [0.3, 0.4) is 0 Å². The number of hydrogen-bond acceptors (Lipinski definition) is 6. The van der Waals surface area contributed by atoms with Gasteiger partial charge in [0.15, 0.2) is 0 Å². The number of nitrogens with two attached hydrogens (primary N) is 1. The van der Waals surface area contributed by atoms with Crippen LogP contribution in [0.25, 0.3) is 10.4 Å². The lowest BCUT2D eigenvalue weighted by Gasteiger charge is -2.25. The van der Waals surface area contributed by atoms with E-state index >= 15 is 0 Å². The molecule has 2 amide bonds. The number of carbonyl (C=O) groups is 2. The predicted molar refractivity (Wildman–Crippen MR) is 134 cm³/mol. The molecule has 0 aliphatic heterocycles. The molecule has 0 spiro atoms. The number of hydrogen-bond donors (Lipinski definition) is 1. The average Bonchev–Trinajstić information content (AvgIpc) is 3.52. The molecule has 2 N–H and O–H groups in total. The van der Waals surface area contributed by atoms with E-state index in [1.165, 1.54) is 0 Å². The van der Waals surface area contributed by atoms with E-state index in [1.807, 2.05) is 65.4 Å². The van der Waals surface area contributed by atoms with Gasteiger partial charge in [-0.3, -0.25) is 4.79 Å². The molecule has 34 heavy (non-hydrogen) atoms. The van der Waals surface area contributed by atoms with Gasteiger partial charge in [-0.2, -0.15) is 0 Å². The van der Waals surface area contributed by atoms with Crippen molar-refractivity contribution in [2.24, 2.45) is 10.8 Å². The number of thiophene rings is 2. The Bertz CT molecular complexity index is 1030. The van der Waals surface area contributed by atoms with Gasteiger partial charge in [-0.05, 0) is 53.2 Å². The lowest BCUT2D eigenvalue weighted by molar-refractivity contribution is -0.134. The van der Waals surface area contributed by atoms with E-state index in [1.54, 1.807) is 27.6 Å². The molecule has 2 heterocycles. The van der Waals surface area contributed by atoms with Crippen molar-refractivity contribution in [3.05, 3.63) is 91.1 Å². The zero-order valence-electron chi connectivity index (χ0n) is 18.7. The molecule has 8 nitrogen and oxygen atoms in total. The standard InChI is InChI=1S/C24H27N5O3S2/c25-24(31)32-19(15-18-7-2-1-3-8-18)9-4-12-22(27-28-26)23(30)29(16-20-10-5-13-33-20)17-21-11-6-14-34-21/h1-3,5-8,10-11,13-14,19,22H,4,9,12,15-17H2,(H2,25,31)/t19?,22-/m1/s1. The molecule has 1 aromatic carbocycles. The molecular formula is C24H27N5O3S2. The number of benzene rings is 1. The van der Waals surface area contributed by atoms with Crippen molar-refractivity contribution < 1.29 is 14.3 Å². The van der Waals surface area contributed by atoms with E-state index in [9.17, 15) is 9.59 Å². The SMILES string of the molecule is [N-]=[N+]=N[C@H](CCCC(Cc1ccccc1)OC(N)=O)C(=O)N(Cc1cccs1)Cc1cccs1. The van der Waals surface area contributed by atoms with Gasteiger partial charge in [-0.1, -0.05) is 47.6 Å². The van der Waals surface area contributed by atoms with Crippen molar-refractivity contribution >= 4 is 34.7 Å². The van der Waals surface area contributed by atoms with Crippen LogP contribution in [0.4, 0.5) is 4.79 Å². The van der Waals surface area contributed by atoms with Crippen LogP contribution in [0.2, 0.25) is 0 Å². The third kappa shape index (κ3) is 8.22. The Morgan fingerprint density at radius 3 is 2.18 bits per heavy atom. The number of rotatable bonds is 13. The summed E-state index contributed by atoms with van der Waals surface area (Å²) in [5.74, 6) is -0.213. The van der Waals surface area contributed by atoms with Crippen LogP contribution >= 0.6 is 22.7 Å². The van der Waals surface area contributed by atoms with Crippen LogP contribution in [-0.2, 0) is 29.0 Å². The summed E-state index contributed by atoms with van der Waals surface area (Å²) in [4.78, 5) is 31.5. The Morgan fingerprint density at radius 2 is 1.65 bits per heavy atom. The van der Waals surface area contributed by atoms with Gasteiger partial charge < -0.3 is 15.4 Å². The zero-order valence-corrected chi connectivity index (χ0v) is 20.3. The summed E-state index contributed by atoms with van der Waals surface area (Å²) in [6.45, 7) is 0.903. The van der Waals surface area contributed by atoms with Crippen LogP contribution in [0.5, 0.6) is 0 Å². The third-order valence-electron chi connectivity index (χ3n) is 5.23. The fourth-order valence-corrected chi connectivity index (χ4v) is 5.12. The maximum Gasteiger partial charge on any atom is 0.404 e. The number of amides is 2. The monoisotopic (exact) mass is 497 g/mol. The fourth-order valence-electron chi connectivity index (χ4n) is 3.68. The molecule has 0 radical (unpaired) electrons. The van der Waals surface area contributed by atoms with E-state index in [-0.39, 0.29) is 5.91 Å². The highest BCUT2D eigenvalue weighted by atomic mass is 32.1. The number of primary amides is 1. The molecule has 0 saturated carbocycles. The maximum atomic E-state index is 13.4. The first-order valence-electron chi connectivity index (χ1n) is 10.9. The highest BCUT2D eigenvalue weighted by Gasteiger charge is 2.25. The van der Waals surface area contributed by atoms with Crippen LogP contribution in [0, 0.1) is 0 Å². The minimum absolute atomic E-state index is 0.213. The summed E-state index contributed by atoms with van der Waals surface area (Å²) in [5.41, 5.74) is 15.4. The lowest BCUT2D eigenvalue weighted by Crippen LogP contribution is -2.37. The smallest absolute Gasteiger partial charge is 0.404 e. The Labute approximate surface area is 206 Å². The molecule has 1 unspecified atom stereocenters. The number of nitrogens with zero attached hydrogens (tertiary/aromatic N) is 4. The first-order chi connectivity index (χ1) is 16.5. The van der Waals surface area contributed by atoms with Crippen LogP contribution < -0.4 is 5.73 Å². The normalized spacial score (nSPS) is 12.4. The number of carbonyl (C=O) groups excluding carboxylic acids is 2. The van der Waals surface area contributed by atoms with Crippen molar-refractivity contribution in [2.45, 2.75) is 50.9 Å². The Morgan fingerprint density at radius 1 is 1.00 bits per heavy atom. The Kier molecular flexibility index (Phi) is 9.97. The van der Waals surface area contributed by atoms with Crippen LogP contribution in [0.1, 0.15) is 34.6 Å². The van der Waals surface area contributed by atoms with E-state index in [0.717, 1.165) is 15.3 Å². The molecular weight excluding hydrogens is 470 g/mol. The highest BCUT2D eigenvalue weighted by molar-refractivity contribution is 7.10. The average molecular weight is 498 g/mol. The summed E-state index contributed by atoms with van der Waals surface area (Å²) in [6, 6.07) is 16.7. The second-order valence-electron chi connectivity index (χ2n) is 7.75. The van der Waals surface area contributed by atoms with Gasteiger partial charge in [0.25, 0.3) is 0 Å². The summed E-state index contributed by atoms with van der Waals surface area (Å²) >= 11 is 3.16. The number of ether oxygens (including phenoxy) is 1. The van der Waals surface area contributed by atoms with Gasteiger partial charge in [-0.25, -0.2) is 4.79 Å². The quantitative estimate of drug-likeness (QED) is 0.180. The molecule has 0 bridgehead atoms. The van der Waals surface area contributed by atoms with Gasteiger partial charge in [0.05, 0.1) is 13.1 Å². The Hall–Kier alpha value is -3.33. The molecule has 3 aromatic rings. The van der Waals surface area contributed by atoms with E-state index in [2.05, 4.69) is 10.0 Å². The van der Waals surface area contributed by atoms with Gasteiger partial charge in [0.2, 0.25) is 5.91 Å². The Balaban J connectivity index is 1.65. The van der Waals surface area contributed by atoms with E-state index in [0.29, 0.717) is 38.8 Å². The maximum absolute atomic E-state index is 13.4. The second-order valence-corrected chi connectivity index (χ2v) is 9.82. The molecule has 178 valence electrons. The first-order valence-corrected chi connectivity index (χ1v) is 12.7. The van der Waals surface area contributed by atoms with Crippen molar-refractivity contribution in [3.63, 3.8) is 0 Å². The van der Waals surface area contributed by atoms with Gasteiger partial charge >= 0.3 is 6.09 Å². The number of azide groups is 1. The summed E-state index contributed by atoms with van der Waals surface area (Å²) in [6.07, 6.45) is 0.649. The topological polar surface area (TPSA) is 121 Å². The minimum Gasteiger partial charge on any atom is -0.446 e.